The van der Waals surface area contributed by atoms with E-state index in [1.165, 1.54) is 12.8 Å². The summed E-state index contributed by atoms with van der Waals surface area (Å²) >= 11 is 13.3. The molecular weight excluding hydrogens is 279 g/mol. The lowest BCUT2D eigenvalue weighted by molar-refractivity contribution is 0.0216. The number of halogens is 2. The van der Waals surface area contributed by atoms with E-state index >= 15 is 0 Å². The van der Waals surface area contributed by atoms with Crippen LogP contribution in [0.2, 0.25) is 5.15 Å². The predicted molar refractivity (Wildman–Crippen MR) is 73.5 cm³/mol. The molecule has 0 spiro atoms. The van der Waals surface area contributed by atoms with Crippen LogP contribution in [-0.2, 0) is 10.6 Å². The van der Waals surface area contributed by atoms with E-state index in [-0.39, 0.29) is 0 Å². The fourth-order valence-corrected chi connectivity index (χ4v) is 3.35. The molecule has 1 aromatic heterocycles. The monoisotopic (exact) mass is 294 g/mol. The first kappa shape index (κ1) is 13.4. The normalized spacial score (nSPS) is 20.5. The summed E-state index contributed by atoms with van der Waals surface area (Å²) in [6, 6.07) is 0. The maximum absolute atomic E-state index is 5.99. The molecule has 0 radical (unpaired) electrons. The third-order valence-electron chi connectivity index (χ3n) is 2.84. The lowest BCUT2D eigenvalue weighted by Crippen LogP contribution is -2.33. The van der Waals surface area contributed by atoms with Crippen molar-refractivity contribution >= 4 is 39.7 Å². The van der Waals surface area contributed by atoms with Gasteiger partial charge in [-0.25, -0.2) is 4.98 Å². The third-order valence-corrected chi connectivity index (χ3v) is 4.86. The van der Waals surface area contributed by atoms with E-state index < -0.39 is 0 Å². The number of alkyl halides is 1. The van der Waals surface area contributed by atoms with E-state index in [2.05, 4.69) is 9.88 Å². The van der Waals surface area contributed by atoms with Crippen LogP contribution in [-0.4, -0.2) is 31.3 Å². The average Bonchev–Trinajstić information content (AvgIpc) is 2.72. The number of likely N-dealkylation sites (N-methyl/N-ethyl adjacent to an activating group) is 1. The molecule has 2 rings (SSSR count). The summed E-state index contributed by atoms with van der Waals surface area (Å²) in [6.45, 7) is 1.75. The van der Waals surface area contributed by atoms with Gasteiger partial charge in [0.2, 0.25) is 0 Å². The molecule has 0 aliphatic carbocycles. The van der Waals surface area contributed by atoms with Crippen LogP contribution in [0.15, 0.2) is 0 Å². The Labute approximate surface area is 116 Å². The molecule has 0 aromatic carbocycles. The van der Waals surface area contributed by atoms with Gasteiger partial charge in [0.1, 0.15) is 5.15 Å². The van der Waals surface area contributed by atoms with Crippen molar-refractivity contribution in [1.29, 1.82) is 0 Å². The summed E-state index contributed by atoms with van der Waals surface area (Å²) in [6.07, 6.45) is 3.88. The van der Waals surface area contributed by atoms with E-state index in [0.717, 1.165) is 29.6 Å². The van der Waals surface area contributed by atoms with Crippen LogP contribution in [0.4, 0.5) is 5.13 Å². The molecule has 0 amide bonds. The Morgan fingerprint density at radius 3 is 2.94 bits per heavy atom. The van der Waals surface area contributed by atoms with E-state index in [0.29, 0.717) is 17.1 Å². The quantitative estimate of drug-likeness (QED) is 0.794. The highest BCUT2D eigenvalue weighted by atomic mass is 35.5. The molecule has 96 valence electrons. The van der Waals surface area contributed by atoms with Crippen LogP contribution < -0.4 is 4.90 Å². The molecule has 1 fully saturated rings. The summed E-state index contributed by atoms with van der Waals surface area (Å²) in [7, 11) is 2.02. The van der Waals surface area contributed by atoms with E-state index in [1.54, 1.807) is 11.3 Å². The van der Waals surface area contributed by atoms with Crippen LogP contribution in [0.3, 0.4) is 0 Å². The largest absolute Gasteiger partial charge is 0.376 e. The summed E-state index contributed by atoms with van der Waals surface area (Å²) in [5.41, 5.74) is 0. The molecule has 17 heavy (non-hydrogen) atoms. The van der Waals surface area contributed by atoms with Gasteiger partial charge in [-0.1, -0.05) is 22.9 Å². The Kier molecular flexibility index (Phi) is 4.91. The van der Waals surface area contributed by atoms with Crippen molar-refractivity contribution in [2.75, 3.05) is 25.1 Å². The second-order valence-corrected chi connectivity index (χ2v) is 5.90. The molecule has 1 saturated heterocycles. The molecule has 1 aromatic rings. The minimum atomic E-state index is 0.316. The SMILES string of the molecule is CN(CC1CCCCO1)c1nc(Cl)c(CCl)s1. The van der Waals surface area contributed by atoms with Crippen LogP contribution >= 0.6 is 34.5 Å². The zero-order valence-corrected chi connectivity index (χ0v) is 12.1. The molecule has 0 bridgehead atoms. The first-order chi connectivity index (χ1) is 8.20. The van der Waals surface area contributed by atoms with Crippen molar-refractivity contribution in [3.8, 4) is 0 Å². The number of nitrogens with zero attached hydrogens (tertiary/aromatic N) is 2. The molecule has 1 unspecified atom stereocenters. The highest BCUT2D eigenvalue weighted by Crippen LogP contribution is 2.30. The molecule has 6 heteroatoms. The van der Waals surface area contributed by atoms with Crippen molar-refractivity contribution in [3.05, 3.63) is 10.0 Å². The highest BCUT2D eigenvalue weighted by molar-refractivity contribution is 7.16. The Balaban J connectivity index is 1.95. The van der Waals surface area contributed by atoms with Gasteiger partial charge in [-0.05, 0) is 19.3 Å². The zero-order chi connectivity index (χ0) is 12.3. The molecule has 3 nitrogen and oxygen atoms in total. The lowest BCUT2D eigenvalue weighted by Gasteiger charge is -2.27. The second kappa shape index (κ2) is 6.23. The molecular formula is C11H16Cl2N2OS. The van der Waals surface area contributed by atoms with Crippen LogP contribution in [0.25, 0.3) is 0 Å². The van der Waals surface area contributed by atoms with E-state index in [4.69, 9.17) is 27.9 Å². The summed E-state index contributed by atoms with van der Waals surface area (Å²) in [5, 5.41) is 1.44. The fraction of sp³-hybridized carbons (Fsp3) is 0.727. The van der Waals surface area contributed by atoms with Crippen LogP contribution in [0.5, 0.6) is 0 Å². The number of anilines is 1. The minimum Gasteiger partial charge on any atom is -0.376 e. The Bertz CT molecular complexity index is 366. The first-order valence-electron chi connectivity index (χ1n) is 5.74. The van der Waals surface area contributed by atoms with Gasteiger partial charge in [0.05, 0.1) is 16.9 Å². The summed E-state index contributed by atoms with van der Waals surface area (Å²) < 4.78 is 5.71. The van der Waals surface area contributed by atoms with Crippen LogP contribution in [0, 0.1) is 0 Å². The molecule has 1 aliphatic rings. The van der Waals surface area contributed by atoms with E-state index in [1.807, 2.05) is 7.05 Å². The second-order valence-electron chi connectivity index (χ2n) is 4.21. The number of rotatable bonds is 4. The van der Waals surface area contributed by atoms with Gasteiger partial charge in [-0.2, -0.15) is 0 Å². The van der Waals surface area contributed by atoms with E-state index in [9.17, 15) is 0 Å². The standard InChI is InChI=1S/C11H16Cl2N2OS/c1-15(7-8-4-2-3-5-16-8)11-14-10(13)9(6-12)17-11/h8H,2-7H2,1H3. The Hall–Kier alpha value is -0.0300. The smallest absolute Gasteiger partial charge is 0.186 e. The van der Waals surface area contributed by atoms with Gasteiger partial charge in [0.25, 0.3) is 0 Å². The van der Waals surface area contributed by atoms with Crippen molar-refractivity contribution < 1.29 is 4.74 Å². The number of hydrogen-bond acceptors (Lipinski definition) is 4. The molecule has 1 atom stereocenters. The average molecular weight is 295 g/mol. The van der Waals surface area contributed by atoms with Crippen molar-refractivity contribution in [2.24, 2.45) is 0 Å². The molecule has 2 heterocycles. The van der Waals surface area contributed by atoms with Crippen molar-refractivity contribution in [1.82, 2.24) is 4.98 Å². The van der Waals surface area contributed by atoms with Crippen molar-refractivity contribution in [2.45, 2.75) is 31.2 Å². The predicted octanol–water partition coefficient (Wildman–Crippen LogP) is 3.54. The number of aromatic nitrogens is 1. The van der Waals surface area contributed by atoms with Gasteiger partial charge >= 0.3 is 0 Å². The Morgan fingerprint density at radius 1 is 1.53 bits per heavy atom. The Morgan fingerprint density at radius 2 is 2.35 bits per heavy atom. The molecule has 0 saturated carbocycles. The fourth-order valence-electron chi connectivity index (χ4n) is 1.90. The molecule has 1 aliphatic heterocycles. The highest BCUT2D eigenvalue weighted by Gasteiger charge is 2.18. The maximum Gasteiger partial charge on any atom is 0.186 e. The third kappa shape index (κ3) is 3.47. The first-order valence-corrected chi connectivity index (χ1v) is 7.47. The lowest BCUT2D eigenvalue weighted by atomic mass is 10.1. The van der Waals surface area contributed by atoms with Crippen LogP contribution in [0.1, 0.15) is 24.1 Å². The summed E-state index contributed by atoms with van der Waals surface area (Å²) in [4.78, 5) is 7.35. The maximum atomic E-state index is 5.99. The number of hydrogen-bond donors (Lipinski definition) is 0. The zero-order valence-electron chi connectivity index (χ0n) is 9.79. The van der Waals surface area contributed by atoms with Gasteiger partial charge in [0, 0.05) is 20.2 Å². The topological polar surface area (TPSA) is 25.4 Å². The number of ether oxygens (including phenoxy) is 1. The minimum absolute atomic E-state index is 0.316. The van der Waals surface area contributed by atoms with Gasteiger partial charge in [0.15, 0.2) is 5.13 Å². The van der Waals surface area contributed by atoms with Gasteiger partial charge in [-0.15, -0.1) is 11.6 Å². The summed E-state index contributed by atoms with van der Waals surface area (Å²) in [5.74, 6) is 0.421. The van der Waals surface area contributed by atoms with Gasteiger partial charge in [-0.3, -0.25) is 0 Å². The van der Waals surface area contributed by atoms with Crippen molar-refractivity contribution in [3.63, 3.8) is 0 Å². The van der Waals surface area contributed by atoms with Gasteiger partial charge < -0.3 is 9.64 Å². The number of thiazole rings is 1. The molecule has 0 N–H and O–H groups in total.